The SMILES string of the molecule is N/N=C/c1cccc(C(=O)NCCCOCCOCCOCCCNC(=O)CCCCC2SC[C@@H]3NC(=O)N[C@H]23)c1. The Kier molecular flexibility index (Phi) is 15.4. The summed E-state index contributed by atoms with van der Waals surface area (Å²) in [5.41, 5.74) is 1.33. The number of nitrogens with two attached hydrogens (primary N) is 1. The van der Waals surface area contributed by atoms with Crippen molar-refractivity contribution in [3.8, 4) is 0 Å². The molecule has 0 aliphatic carbocycles. The highest BCUT2D eigenvalue weighted by Gasteiger charge is 2.42. The van der Waals surface area contributed by atoms with Gasteiger partial charge in [0.05, 0.1) is 44.7 Å². The van der Waals surface area contributed by atoms with Gasteiger partial charge in [-0.2, -0.15) is 16.9 Å². The molecule has 2 fully saturated rings. The van der Waals surface area contributed by atoms with Gasteiger partial charge in [-0.15, -0.1) is 0 Å². The monoisotopic (exact) mass is 592 g/mol. The predicted octanol–water partition coefficient (Wildman–Crippen LogP) is 1.38. The average molecular weight is 593 g/mol. The molecule has 228 valence electrons. The Bertz CT molecular complexity index is 983. The van der Waals surface area contributed by atoms with Gasteiger partial charge in [-0.25, -0.2) is 4.79 Å². The van der Waals surface area contributed by atoms with Crippen LogP contribution in [0.15, 0.2) is 29.4 Å². The molecule has 12 nitrogen and oxygen atoms in total. The summed E-state index contributed by atoms with van der Waals surface area (Å²) >= 11 is 1.91. The lowest BCUT2D eigenvalue weighted by Gasteiger charge is -2.16. The number of urea groups is 1. The van der Waals surface area contributed by atoms with E-state index in [-0.39, 0.29) is 29.9 Å². The maximum absolute atomic E-state index is 12.2. The minimum absolute atomic E-state index is 0.0578. The predicted molar refractivity (Wildman–Crippen MR) is 159 cm³/mol. The number of hydrogen-bond donors (Lipinski definition) is 5. The summed E-state index contributed by atoms with van der Waals surface area (Å²) in [4.78, 5) is 35.6. The topological polar surface area (TPSA) is 165 Å². The van der Waals surface area contributed by atoms with Gasteiger partial charge in [-0.3, -0.25) is 9.59 Å². The number of ether oxygens (including phenoxy) is 3. The molecule has 3 atom stereocenters. The van der Waals surface area contributed by atoms with Crippen molar-refractivity contribution in [2.45, 2.75) is 55.9 Å². The normalized spacial score (nSPS) is 19.6. The second-order valence-electron chi connectivity index (χ2n) is 9.92. The molecule has 2 aliphatic heterocycles. The minimum atomic E-state index is -0.147. The molecule has 0 spiro atoms. The van der Waals surface area contributed by atoms with Crippen molar-refractivity contribution in [2.24, 2.45) is 10.9 Å². The Labute approximate surface area is 246 Å². The maximum atomic E-state index is 12.2. The molecular weight excluding hydrogens is 548 g/mol. The molecule has 0 saturated carbocycles. The first-order chi connectivity index (χ1) is 20.1. The third-order valence-corrected chi connectivity index (χ3v) is 8.24. The molecule has 4 amide bonds. The molecule has 3 rings (SSSR count). The first-order valence-electron chi connectivity index (χ1n) is 14.4. The van der Waals surface area contributed by atoms with Crippen molar-refractivity contribution >= 4 is 35.8 Å². The fraction of sp³-hybridized carbons (Fsp3) is 0.643. The van der Waals surface area contributed by atoms with E-state index in [1.165, 1.54) is 6.21 Å². The summed E-state index contributed by atoms with van der Waals surface area (Å²) in [7, 11) is 0. The number of unbranched alkanes of at least 4 members (excludes halogenated alkanes) is 1. The number of amides is 4. The van der Waals surface area contributed by atoms with Crippen molar-refractivity contribution in [1.29, 1.82) is 0 Å². The van der Waals surface area contributed by atoms with Crippen molar-refractivity contribution in [3.63, 3.8) is 0 Å². The highest BCUT2D eigenvalue weighted by atomic mass is 32.2. The zero-order valence-corrected chi connectivity index (χ0v) is 24.4. The summed E-state index contributed by atoms with van der Waals surface area (Å²) in [6.07, 6.45) is 6.35. The van der Waals surface area contributed by atoms with Crippen LogP contribution in [0.4, 0.5) is 4.79 Å². The molecule has 41 heavy (non-hydrogen) atoms. The van der Waals surface area contributed by atoms with Gasteiger partial charge in [0.1, 0.15) is 0 Å². The van der Waals surface area contributed by atoms with Crippen LogP contribution in [0.5, 0.6) is 0 Å². The number of benzene rings is 1. The third kappa shape index (κ3) is 12.7. The molecule has 1 aromatic carbocycles. The number of nitrogens with zero attached hydrogens (tertiary/aromatic N) is 1. The van der Waals surface area contributed by atoms with Gasteiger partial charge < -0.3 is 41.3 Å². The van der Waals surface area contributed by atoms with Gasteiger partial charge >= 0.3 is 6.03 Å². The molecule has 1 unspecified atom stereocenters. The summed E-state index contributed by atoms with van der Waals surface area (Å²) in [5.74, 6) is 6.04. The molecule has 0 aromatic heterocycles. The highest BCUT2D eigenvalue weighted by Crippen LogP contribution is 2.33. The van der Waals surface area contributed by atoms with E-state index in [1.807, 2.05) is 17.8 Å². The zero-order valence-electron chi connectivity index (χ0n) is 23.6. The number of rotatable bonds is 21. The van der Waals surface area contributed by atoms with Crippen molar-refractivity contribution in [3.05, 3.63) is 35.4 Å². The minimum Gasteiger partial charge on any atom is -0.379 e. The lowest BCUT2D eigenvalue weighted by atomic mass is 10.0. The van der Waals surface area contributed by atoms with Crippen LogP contribution in [0.1, 0.15) is 54.4 Å². The van der Waals surface area contributed by atoms with Crippen LogP contribution < -0.4 is 27.1 Å². The van der Waals surface area contributed by atoms with E-state index in [2.05, 4.69) is 26.4 Å². The van der Waals surface area contributed by atoms with Crippen LogP contribution in [0.25, 0.3) is 0 Å². The van der Waals surface area contributed by atoms with E-state index in [0.717, 1.165) is 37.0 Å². The second kappa shape index (κ2) is 19.3. The smallest absolute Gasteiger partial charge is 0.315 e. The van der Waals surface area contributed by atoms with Gasteiger partial charge in [0.2, 0.25) is 5.91 Å². The van der Waals surface area contributed by atoms with Gasteiger partial charge in [0.25, 0.3) is 5.91 Å². The Morgan fingerprint density at radius 2 is 1.68 bits per heavy atom. The Morgan fingerprint density at radius 3 is 2.41 bits per heavy atom. The molecule has 2 aliphatic rings. The van der Waals surface area contributed by atoms with Crippen LogP contribution in [-0.4, -0.2) is 99.9 Å². The summed E-state index contributed by atoms with van der Waals surface area (Å²) in [5, 5.41) is 15.7. The third-order valence-electron chi connectivity index (χ3n) is 6.74. The molecule has 0 radical (unpaired) electrons. The van der Waals surface area contributed by atoms with E-state index in [0.29, 0.717) is 76.4 Å². The Morgan fingerprint density at radius 1 is 0.976 bits per heavy atom. The first kappa shape index (κ1) is 32.6. The van der Waals surface area contributed by atoms with Crippen molar-refractivity contribution in [2.75, 3.05) is 58.5 Å². The largest absolute Gasteiger partial charge is 0.379 e. The molecule has 2 saturated heterocycles. The standard InChI is InChI=1S/C28H44N6O6S/c29-32-19-21-6-3-7-22(18-21)27(36)31-11-5-13-39-15-17-40-16-14-38-12-4-10-30-25(35)9-2-1-8-24-26-23(20-41-24)33-28(37)34-26/h3,6-7,18-19,23-24,26H,1-2,4-5,8-17,20,29H2,(H,30,35)(H,31,36)(H2,33,34,37)/b32-19+/t23-,24?,26-/m0/s1. The summed E-state index contributed by atoms with van der Waals surface area (Å²) < 4.78 is 16.6. The van der Waals surface area contributed by atoms with E-state index < -0.39 is 0 Å². The van der Waals surface area contributed by atoms with Crippen LogP contribution in [0.3, 0.4) is 0 Å². The lowest BCUT2D eigenvalue weighted by Crippen LogP contribution is -2.36. The second-order valence-corrected chi connectivity index (χ2v) is 11.2. The fourth-order valence-electron chi connectivity index (χ4n) is 4.63. The van der Waals surface area contributed by atoms with E-state index in [4.69, 9.17) is 20.1 Å². The molecule has 2 heterocycles. The van der Waals surface area contributed by atoms with Crippen LogP contribution >= 0.6 is 11.8 Å². The average Bonchev–Trinajstić information content (AvgIpc) is 3.52. The molecule has 13 heteroatoms. The number of thioether (sulfide) groups is 1. The summed E-state index contributed by atoms with van der Waals surface area (Å²) in [6.45, 7) is 4.16. The number of hydrogen-bond acceptors (Lipinski definition) is 9. The molecule has 1 aromatic rings. The number of hydrazone groups is 1. The lowest BCUT2D eigenvalue weighted by molar-refractivity contribution is -0.121. The highest BCUT2D eigenvalue weighted by molar-refractivity contribution is 8.00. The van der Waals surface area contributed by atoms with E-state index >= 15 is 0 Å². The molecule has 6 N–H and O–H groups in total. The van der Waals surface area contributed by atoms with Gasteiger partial charge in [-0.05, 0) is 43.4 Å². The van der Waals surface area contributed by atoms with Crippen LogP contribution in [0.2, 0.25) is 0 Å². The van der Waals surface area contributed by atoms with Crippen LogP contribution in [-0.2, 0) is 19.0 Å². The molecular formula is C28H44N6O6S. The Balaban J connectivity index is 1.03. The van der Waals surface area contributed by atoms with E-state index in [9.17, 15) is 14.4 Å². The van der Waals surface area contributed by atoms with Gasteiger partial charge in [0, 0.05) is 49.3 Å². The van der Waals surface area contributed by atoms with E-state index in [1.54, 1.807) is 18.2 Å². The molecule has 0 bridgehead atoms. The Hall–Kier alpha value is -2.87. The number of fused-ring (bicyclic) bond motifs is 1. The summed E-state index contributed by atoms with van der Waals surface area (Å²) in [6, 6.07) is 7.50. The fourth-order valence-corrected chi connectivity index (χ4v) is 6.17. The van der Waals surface area contributed by atoms with Gasteiger partial charge in [0.15, 0.2) is 0 Å². The maximum Gasteiger partial charge on any atom is 0.315 e. The van der Waals surface area contributed by atoms with Crippen LogP contribution in [0, 0.1) is 0 Å². The zero-order chi connectivity index (χ0) is 29.1. The van der Waals surface area contributed by atoms with Crippen molar-refractivity contribution in [1.82, 2.24) is 21.3 Å². The first-order valence-corrected chi connectivity index (χ1v) is 15.4. The number of nitrogens with one attached hydrogen (secondary N) is 4. The quantitative estimate of drug-likeness (QED) is 0.0470. The number of carbonyl (C=O) groups is 3. The van der Waals surface area contributed by atoms with Gasteiger partial charge in [-0.1, -0.05) is 18.6 Å². The van der Waals surface area contributed by atoms with Crippen molar-refractivity contribution < 1.29 is 28.6 Å². The number of carbonyl (C=O) groups excluding carboxylic acids is 3.